The number of benzene rings is 1. The Balaban J connectivity index is 0.00000144. The summed E-state index contributed by atoms with van der Waals surface area (Å²) in [5, 5.41) is 23.2. The standard InChI is InChI=1S/C25H31F3N2O4.C9H12O.CH5N/c1-6-8-17(26)11-15(2)12-19(29-22(33)18-9-7-10-20(31)16(18)3)21(32)23(34)30-13-24(4,5)25(27,28)14-30;1-4-6-9(7-10)8(3)5-2;1-2/h6-11,19,21,31-32H,2,12-14H2,1,3-5H3,(H,29,33);4-7H,1H2,2-3H3;2H2,1H3/b8-6-,17-11+;8-5-,9-6-;. The van der Waals surface area contributed by atoms with Gasteiger partial charge in [0.05, 0.1) is 12.6 Å². The molecule has 11 heteroatoms. The number of hydrogen-bond donors (Lipinski definition) is 4. The largest absolute Gasteiger partial charge is 0.508 e. The van der Waals surface area contributed by atoms with Crippen LogP contribution in [0.15, 0.2) is 90.4 Å². The van der Waals surface area contributed by atoms with Crippen LogP contribution in [0.5, 0.6) is 5.75 Å². The molecular formula is C35H48F3N3O5. The highest BCUT2D eigenvalue weighted by molar-refractivity contribution is 5.97. The minimum Gasteiger partial charge on any atom is -0.508 e. The summed E-state index contributed by atoms with van der Waals surface area (Å²) in [5.74, 6) is -5.58. The predicted octanol–water partition coefficient (Wildman–Crippen LogP) is 5.88. The Kier molecular flexibility index (Phi) is 17.6. The molecule has 0 spiro atoms. The zero-order valence-corrected chi connectivity index (χ0v) is 27.7. The van der Waals surface area contributed by atoms with Crippen molar-refractivity contribution < 1.29 is 37.8 Å². The van der Waals surface area contributed by atoms with Gasteiger partial charge in [-0.15, -0.1) is 0 Å². The summed E-state index contributed by atoms with van der Waals surface area (Å²) in [7, 11) is 1.50. The molecule has 5 N–H and O–H groups in total. The van der Waals surface area contributed by atoms with Crippen molar-refractivity contribution in [2.45, 2.75) is 66.0 Å². The quantitative estimate of drug-likeness (QED) is 0.135. The van der Waals surface area contributed by atoms with Crippen molar-refractivity contribution in [3.63, 3.8) is 0 Å². The number of aliphatic hydroxyl groups excluding tert-OH is 1. The number of amides is 2. The number of alkyl halides is 2. The molecule has 46 heavy (non-hydrogen) atoms. The third-order valence-corrected chi connectivity index (χ3v) is 7.24. The fourth-order valence-electron chi connectivity index (χ4n) is 4.28. The SMILES string of the molecule is C=C(/C=C(F)\C=C/C)CC(NC(=O)c1cccc(O)c1C)C(O)C(=O)N1CC(C)(C)C(F)(F)C1.C=C/C=C(C=O)\C(C)=C/C.CN. The first kappa shape index (κ1) is 41.8. The number of aldehydes is 1. The van der Waals surface area contributed by atoms with E-state index in [0.29, 0.717) is 5.57 Å². The Labute approximate surface area is 270 Å². The van der Waals surface area contributed by atoms with Crippen LogP contribution >= 0.6 is 0 Å². The molecule has 1 aromatic rings. The fourth-order valence-corrected chi connectivity index (χ4v) is 4.28. The van der Waals surface area contributed by atoms with E-state index >= 15 is 0 Å². The maximum atomic E-state index is 14.3. The summed E-state index contributed by atoms with van der Waals surface area (Å²) < 4.78 is 42.5. The fraction of sp³-hybridized carbons (Fsp3) is 0.400. The number of likely N-dealkylation sites (tertiary alicyclic amines) is 1. The van der Waals surface area contributed by atoms with Crippen molar-refractivity contribution >= 4 is 18.1 Å². The average molecular weight is 648 g/mol. The zero-order chi connectivity index (χ0) is 35.8. The molecular weight excluding hydrogens is 599 g/mol. The van der Waals surface area contributed by atoms with Crippen LogP contribution in [0.2, 0.25) is 0 Å². The lowest BCUT2D eigenvalue weighted by molar-refractivity contribution is -0.142. The number of halogens is 3. The van der Waals surface area contributed by atoms with Gasteiger partial charge in [-0.25, -0.2) is 13.2 Å². The normalized spacial score (nSPS) is 17.1. The van der Waals surface area contributed by atoms with Crippen molar-refractivity contribution in [2.75, 3.05) is 20.1 Å². The molecule has 0 radical (unpaired) electrons. The number of phenolic OH excluding ortho intramolecular Hbond substituents is 1. The number of carbonyl (C=O) groups is 3. The Morgan fingerprint density at radius 2 is 1.80 bits per heavy atom. The molecule has 2 amide bonds. The molecule has 0 saturated carbocycles. The highest BCUT2D eigenvalue weighted by Crippen LogP contribution is 2.43. The molecule has 0 aromatic heterocycles. The lowest BCUT2D eigenvalue weighted by Crippen LogP contribution is -2.52. The van der Waals surface area contributed by atoms with Crippen molar-refractivity contribution in [1.82, 2.24) is 10.2 Å². The van der Waals surface area contributed by atoms with E-state index in [0.717, 1.165) is 22.8 Å². The van der Waals surface area contributed by atoms with Crippen LogP contribution in [0.4, 0.5) is 13.2 Å². The molecule has 1 fully saturated rings. The van der Waals surface area contributed by atoms with Crippen LogP contribution in [0.25, 0.3) is 0 Å². The van der Waals surface area contributed by atoms with Crippen LogP contribution in [0.1, 0.15) is 57.0 Å². The number of phenols is 1. The van der Waals surface area contributed by atoms with E-state index in [-0.39, 0.29) is 35.4 Å². The number of aromatic hydroxyl groups is 1. The minimum atomic E-state index is -3.15. The average Bonchev–Trinajstić information content (AvgIpc) is 3.23. The van der Waals surface area contributed by atoms with Gasteiger partial charge >= 0.3 is 0 Å². The van der Waals surface area contributed by atoms with Crippen LogP contribution in [-0.4, -0.2) is 71.4 Å². The van der Waals surface area contributed by atoms with Crippen LogP contribution in [0.3, 0.4) is 0 Å². The number of allylic oxidation sites excluding steroid dienone is 9. The summed E-state index contributed by atoms with van der Waals surface area (Å²) in [4.78, 5) is 37.0. The maximum absolute atomic E-state index is 14.3. The van der Waals surface area contributed by atoms with Gasteiger partial charge in [-0.05, 0) is 71.0 Å². The lowest BCUT2D eigenvalue weighted by atomic mass is 9.89. The number of carbonyl (C=O) groups excluding carboxylic acids is 3. The molecule has 2 rings (SSSR count). The minimum absolute atomic E-state index is 0.0970. The lowest BCUT2D eigenvalue weighted by Gasteiger charge is -2.28. The van der Waals surface area contributed by atoms with Gasteiger partial charge in [0.25, 0.3) is 17.7 Å². The summed E-state index contributed by atoms with van der Waals surface area (Å²) in [5.41, 5.74) is 5.22. The Hall–Kier alpha value is -4.22. The number of rotatable bonds is 11. The van der Waals surface area contributed by atoms with E-state index in [1.165, 1.54) is 58.2 Å². The molecule has 1 aromatic carbocycles. The highest BCUT2D eigenvalue weighted by atomic mass is 19.3. The first-order valence-electron chi connectivity index (χ1n) is 14.6. The van der Waals surface area contributed by atoms with E-state index in [4.69, 9.17) is 0 Å². The first-order valence-corrected chi connectivity index (χ1v) is 14.6. The van der Waals surface area contributed by atoms with Crippen LogP contribution in [0, 0.1) is 12.3 Å². The molecule has 0 aliphatic carbocycles. The zero-order valence-electron chi connectivity index (χ0n) is 27.7. The van der Waals surface area contributed by atoms with Gasteiger partial charge in [0.15, 0.2) is 6.10 Å². The number of nitrogens with one attached hydrogen (secondary N) is 1. The molecule has 8 nitrogen and oxygen atoms in total. The highest BCUT2D eigenvalue weighted by Gasteiger charge is 2.56. The summed E-state index contributed by atoms with van der Waals surface area (Å²) in [6, 6.07) is 3.01. The van der Waals surface area contributed by atoms with Gasteiger partial charge in [0, 0.05) is 28.7 Å². The molecule has 1 aliphatic heterocycles. The van der Waals surface area contributed by atoms with E-state index < -0.39 is 47.7 Å². The molecule has 1 saturated heterocycles. The Morgan fingerprint density at radius 3 is 2.28 bits per heavy atom. The van der Waals surface area contributed by atoms with Crippen molar-refractivity contribution in [3.8, 4) is 5.75 Å². The molecule has 2 unspecified atom stereocenters. The smallest absolute Gasteiger partial charge is 0.271 e. The van der Waals surface area contributed by atoms with E-state index in [1.807, 2.05) is 19.9 Å². The molecule has 2 atom stereocenters. The second-order valence-corrected chi connectivity index (χ2v) is 11.1. The van der Waals surface area contributed by atoms with Gasteiger partial charge in [-0.2, -0.15) is 0 Å². The van der Waals surface area contributed by atoms with Gasteiger partial charge in [-0.3, -0.25) is 14.4 Å². The number of aliphatic hydroxyl groups is 1. The van der Waals surface area contributed by atoms with Crippen LogP contribution < -0.4 is 11.1 Å². The number of nitrogens with two attached hydrogens (primary N) is 1. The van der Waals surface area contributed by atoms with Gasteiger partial charge in [0.1, 0.15) is 17.9 Å². The number of nitrogens with zero attached hydrogens (tertiary/aromatic N) is 1. The van der Waals surface area contributed by atoms with E-state index in [9.17, 15) is 37.8 Å². The second-order valence-electron chi connectivity index (χ2n) is 11.1. The summed E-state index contributed by atoms with van der Waals surface area (Å²) in [6.07, 6.45) is 7.65. The maximum Gasteiger partial charge on any atom is 0.271 e. The Bertz CT molecular complexity index is 1350. The van der Waals surface area contributed by atoms with E-state index in [1.54, 1.807) is 19.1 Å². The van der Waals surface area contributed by atoms with Crippen molar-refractivity contribution in [3.05, 3.63) is 101 Å². The Morgan fingerprint density at radius 1 is 1.20 bits per heavy atom. The molecule has 254 valence electrons. The second kappa shape index (κ2) is 19.3. The number of hydrogen-bond acceptors (Lipinski definition) is 6. The topological polar surface area (TPSA) is 133 Å². The molecule has 0 bridgehead atoms. The third kappa shape index (κ3) is 11.9. The third-order valence-electron chi connectivity index (χ3n) is 7.24. The van der Waals surface area contributed by atoms with Gasteiger partial charge in [-0.1, -0.05) is 62.9 Å². The van der Waals surface area contributed by atoms with Gasteiger partial charge in [0.2, 0.25) is 0 Å². The summed E-state index contributed by atoms with van der Waals surface area (Å²) in [6.45, 7) is 15.7. The predicted molar refractivity (Wildman–Crippen MR) is 177 cm³/mol. The molecule has 1 heterocycles. The van der Waals surface area contributed by atoms with Crippen molar-refractivity contribution in [1.29, 1.82) is 0 Å². The van der Waals surface area contributed by atoms with E-state index in [2.05, 4.69) is 24.2 Å². The summed E-state index contributed by atoms with van der Waals surface area (Å²) >= 11 is 0. The molecule has 1 aliphatic rings. The first-order chi connectivity index (χ1) is 21.5. The monoisotopic (exact) mass is 647 g/mol. The van der Waals surface area contributed by atoms with Crippen LogP contribution in [-0.2, 0) is 9.59 Å². The van der Waals surface area contributed by atoms with Gasteiger partial charge < -0.3 is 26.2 Å². The van der Waals surface area contributed by atoms with Crippen molar-refractivity contribution in [2.24, 2.45) is 11.1 Å².